The lowest BCUT2D eigenvalue weighted by atomic mass is 9.70. The second kappa shape index (κ2) is 3.56. The van der Waals surface area contributed by atoms with Crippen LogP contribution in [0, 0.1) is 5.82 Å². The van der Waals surface area contributed by atoms with Crippen LogP contribution in [0.4, 0.5) is 4.39 Å². The molecule has 0 bridgehead atoms. The van der Waals surface area contributed by atoms with Crippen LogP contribution in [0.5, 0.6) is 0 Å². The van der Waals surface area contributed by atoms with Crippen molar-refractivity contribution in [3.63, 3.8) is 0 Å². The summed E-state index contributed by atoms with van der Waals surface area (Å²) in [5.74, 6) is -0.0946. The maximum absolute atomic E-state index is 12.7. The Hall–Kier alpha value is -0.785. The number of hydrogen-bond acceptors (Lipinski definition) is 0. The van der Waals surface area contributed by atoms with Gasteiger partial charge in [0.15, 0.2) is 0 Å². The lowest BCUT2D eigenvalue weighted by molar-refractivity contribution is 0.628. The van der Waals surface area contributed by atoms with Gasteiger partial charge in [0.25, 0.3) is 0 Å². The van der Waals surface area contributed by atoms with Crippen LogP contribution in [-0.4, -0.2) is 7.28 Å². The van der Waals surface area contributed by atoms with Crippen molar-refractivity contribution in [1.29, 1.82) is 0 Å². The lowest BCUT2D eigenvalue weighted by Crippen LogP contribution is -2.16. The first-order chi connectivity index (χ1) is 5.27. The zero-order valence-electron chi connectivity index (χ0n) is 7.32. The van der Waals surface area contributed by atoms with Gasteiger partial charge < -0.3 is 0 Å². The standard InChI is InChI=1S/C9H13BF/c1-3-7-4-5-8(11)6-9(7)10-2/h4-6H,3,10H2,1-2H3/q-1. The molecule has 1 aromatic rings. The molecule has 0 nitrogen and oxygen atoms in total. The van der Waals surface area contributed by atoms with Gasteiger partial charge in [-0.1, -0.05) is 24.6 Å². The quantitative estimate of drug-likeness (QED) is 0.557. The van der Waals surface area contributed by atoms with Gasteiger partial charge in [0.05, 0.1) is 0 Å². The minimum atomic E-state index is -0.0973. The summed E-state index contributed by atoms with van der Waals surface area (Å²) in [5.41, 5.74) is 2.57. The summed E-state index contributed by atoms with van der Waals surface area (Å²) in [6.45, 7) is 4.28. The molecule has 0 spiro atoms. The smallest absolute Gasteiger partial charge is 0.120 e. The maximum Gasteiger partial charge on any atom is 0.120 e. The summed E-state index contributed by atoms with van der Waals surface area (Å²) in [4.78, 5) is 0. The summed E-state index contributed by atoms with van der Waals surface area (Å²) < 4.78 is 12.7. The molecule has 60 valence electrons. The monoisotopic (exact) mass is 151 g/mol. The summed E-state index contributed by atoms with van der Waals surface area (Å²) >= 11 is 0. The van der Waals surface area contributed by atoms with E-state index in [2.05, 4.69) is 13.7 Å². The molecule has 0 aromatic heterocycles. The summed E-state index contributed by atoms with van der Waals surface area (Å²) in [5, 5.41) is 0. The normalized spacial score (nSPS) is 10.1. The molecule has 0 aliphatic heterocycles. The van der Waals surface area contributed by atoms with Crippen LogP contribution >= 0.6 is 0 Å². The van der Waals surface area contributed by atoms with Gasteiger partial charge in [0.1, 0.15) is 5.82 Å². The molecule has 0 heterocycles. The average molecular weight is 151 g/mol. The van der Waals surface area contributed by atoms with Crippen molar-refractivity contribution in [2.24, 2.45) is 0 Å². The third-order valence-corrected chi connectivity index (χ3v) is 2.22. The van der Waals surface area contributed by atoms with Crippen LogP contribution < -0.4 is 5.46 Å². The Morgan fingerprint density at radius 1 is 1.45 bits per heavy atom. The highest BCUT2D eigenvalue weighted by Gasteiger charge is 1.94. The second-order valence-electron chi connectivity index (χ2n) is 2.92. The molecule has 0 saturated carbocycles. The fourth-order valence-corrected chi connectivity index (χ4v) is 1.52. The van der Waals surface area contributed by atoms with E-state index in [-0.39, 0.29) is 13.1 Å². The molecule has 0 atom stereocenters. The van der Waals surface area contributed by atoms with Gasteiger partial charge in [0, 0.05) is 0 Å². The van der Waals surface area contributed by atoms with Gasteiger partial charge in [-0.05, 0) is 19.8 Å². The Bertz CT molecular complexity index is 245. The van der Waals surface area contributed by atoms with Crippen LogP contribution in [0.25, 0.3) is 0 Å². The van der Waals surface area contributed by atoms with Crippen molar-refractivity contribution >= 4 is 12.7 Å². The van der Waals surface area contributed by atoms with Crippen LogP contribution in [0.3, 0.4) is 0 Å². The third kappa shape index (κ3) is 1.82. The number of hydrogen-bond donors (Lipinski definition) is 0. The van der Waals surface area contributed by atoms with Crippen LogP contribution in [-0.2, 0) is 6.42 Å². The van der Waals surface area contributed by atoms with Crippen LogP contribution in [0.1, 0.15) is 12.5 Å². The fraction of sp³-hybridized carbons (Fsp3) is 0.333. The molecular weight excluding hydrogens is 138 g/mol. The van der Waals surface area contributed by atoms with E-state index in [9.17, 15) is 4.39 Å². The average Bonchev–Trinajstić information content (AvgIpc) is 2.04. The van der Waals surface area contributed by atoms with Crippen molar-refractivity contribution in [3.05, 3.63) is 29.6 Å². The predicted octanol–water partition coefficient (Wildman–Crippen LogP) is 1.23. The highest BCUT2D eigenvalue weighted by molar-refractivity contribution is 6.52. The Morgan fingerprint density at radius 2 is 2.18 bits per heavy atom. The van der Waals surface area contributed by atoms with Crippen LogP contribution in [0.15, 0.2) is 18.2 Å². The van der Waals surface area contributed by atoms with Crippen molar-refractivity contribution in [3.8, 4) is 0 Å². The SMILES string of the molecule is C[BH2-]c1cc(F)ccc1CC. The molecule has 0 N–H and O–H groups in total. The molecule has 1 aromatic carbocycles. The molecular formula is C9H13BF-. The predicted molar refractivity (Wildman–Crippen MR) is 49.8 cm³/mol. The molecule has 2 heteroatoms. The van der Waals surface area contributed by atoms with Gasteiger partial charge in [0.2, 0.25) is 0 Å². The van der Waals surface area contributed by atoms with E-state index in [1.54, 1.807) is 12.1 Å². The van der Waals surface area contributed by atoms with Gasteiger partial charge >= 0.3 is 0 Å². The molecule has 0 fully saturated rings. The number of rotatable bonds is 2. The van der Waals surface area contributed by atoms with E-state index < -0.39 is 0 Å². The van der Waals surface area contributed by atoms with Gasteiger partial charge in [-0.25, -0.2) is 9.85 Å². The number of halogens is 1. The second-order valence-corrected chi connectivity index (χ2v) is 2.92. The molecule has 0 aliphatic carbocycles. The minimum absolute atomic E-state index is 0.0946. The largest absolute Gasteiger partial charge is 0.211 e. The maximum atomic E-state index is 12.7. The van der Waals surface area contributed by atoms with Gasteiger partial charge in [-0.2, -0.15) is 6.82 Å². The van der Waals surface area contributed by atoms with Crippen molar-refractivity contribution in [1.82, 2.24) is 0 Å². The fourth-order valence-electron chi connectivity index (χ4n) is 1.52. The topological polar surface area (TPSA) is 0 Å². The molecule has 0 aliphatic rings. The minimum Gasteiger partial charge on any atom is -0.211 e. The van der Waals surface area contributed by atoms with E-state index in [1.165, 1.54) is 11.0 Å². The zero-order chi connectivity index (χ0) is 8.27. The molecule has 11 heavy (non-hydrogen) atoms. The highest BCUT2D eigenvalue weighted by Crippen LogP contribution is 2.00. The molecule has 0 saturated heterocycles. The van der Waals surface area contributed by atoms with Crippen LogP contribution in [0.2, 0.25) is 6.82 Å². The first-order valence-electron chi connectivity index (χ1n) is 4.49. The first kappa shape index (κ1) is 8.31. The Kier molecular flexibility index (Phi) is 2.69. The van der Waals surface area contributed by atoms with Gasteiger partial charge in [-0.15, -0.1) is 0 Å². The van der Waals surface area contributed by atoms with Crippen molar-refractivity contribution in [2.75, 3.05) is 0 Å². The molecule has 1 rings (SSSR count). The van der Waals surface area contributed by atoms with Crippen molar-refractivity contribution in [2.45, 2.75) is 20.2 Å². The first-order valence-corrected chi connectivity index (χ1v) is 4.49. The van der Waals surface area contributed by atoms with Crippen molar-refractivity contribution < 1.29 is 4.39 Å². The third-order valence-electron chi connectivity index (χ3n) is 2.22. The summed E-state index contributed by atoms with van der Waals surface area (Å²) in [6.07, 6.45) is 1.02. The van der Waals surface area contributed by atoms with E-state index in [1.807, 2.05) is 6.07 Å². The summed E-state index contributed by atoms with van der Waals surface area (Å²) in [6, 6.07) is 5.13. The Balaban J connectivity index is 3.06. The molecule has 0 unspecified atom stereocenters. The van der Waals surface area contributed by atoms with E-state index in [4.69, 9.17) is 0 Å². The Labute approximate surface area is 67.7 Å². The van der Waals surface area contributed by atoms with E-state index in [0.29, 0.717) is 0 Å². The van der Waals surface area contributed by atoms with E-state index >= 15 is 0 Å². The number of aryl methyl sites for hydroxylation is 1. The highest BCUT2D eigenvalue weighted by atomic mass is 19.1. The lowest BCUT2D eigenvalue weighted by Gasteiger charge is -2.09. The van der Waals surface area contributed by atoms with E-state index in [0.717, 1.165) is 6.42 Å². The molecule has 0 amide bonds. The van der Waals surface area contributed by atoms with Gasteiger partial charge in [-0.3, -0.25) is 0 Å². The number of benzene rings is 1. The summed E-state index contributed by atoms with van der Waals surface area (Å²) in [7, 11) is -0.0973. The molecule has 0 radical (unpaired) electrons. The zero-order valence-corrected chi connectivity index (χ0v) is 7.32. The Morgan fingerprint density at radius 3 is 2.73 bits per heavy atom.